The molecule has 11 nitrogen and oxygen atoms in total. The van der Waals surface area contributed by atoms with E-state index in [0.717, 1.165) is 0 Å². The van der Waals surface area contributed by atoms with Gasteiger partial charge in [0.2, 0.25) is 0 Å². The van der Waals surface area contributed by atoms with E-state index in [9.17, 15) is 0 Å². The van der Waals surface area contributed by atoms with E-state index < -0.39 is 61.4 Å². The fourth-order valence-corrected chi connectivity index (χ4v) is 5.13. The lowest BCUT2D eigenvalue weighted by Crippen LogP contribution is -2.66. The molecule has 39 heavy (non-hydrogen) atoms. The van der Waals surface area contributed by atoms with Crippen molar-refractivity contribution in [1.29, 1.82) is 0 Å². The molecule has 0 saturated carbocycles. The molecule has 0 radical (unpaired) electrons. The molecular formula is C28H54O11. The first-order valence-corrected chi connectivity index (χ1v) is 14.9. The smallest absolute Gasteiger partial charge is 0.190 e. The Hall–Kier alpha value is -0.440. The predicted molar refractivity (Wildman–Crippen MR) is 144 cm³/mol. The molecule has 2 rings (SSSR count). The summed E-state index contributed by atoms with van der Waals surface area (Å²) < 4.78 is 68.1. The Labute approximate surface area is 235 Å². The van der Waals surface area contributed by atoms with Gasteiger partial charge < -0.3 is 52.1 Å². The van der Waals surface area contributed by atoms with Gasteiger partial charge in [-0.05, 0) is 55.4 Å². The first kappa shape index (κ1) is 34.8. The summed E-state index contributed by atoms with van der Waals surface area (Å²) in [6, 6.07) is 0. The van der Waals surface area contributed by atoms with Gasteiger partial charge in [-0.15, -0.1) is 0 Å². The molecule has 0 amide bonds. The molecule has 11 heteroatoms. The zero-order valence-corrected chi connectivity index (χ0v) is 25.3. The van der Waals surface area contributed by atoms with Crippen LogP contribution in [0.2, 0.25) is 0 Å². The Kier molecular flexibility index (Phi) is 17.5. The van der Waals surface area contributed by atoms with E-state index in [0.29, 0.717) is 66.1 Å². The lowest BCUT2D eigenvalue weighted by Gasteiger charge is -2.49. The molecule has 0 aliphatic carbocycles. The fourth-order valence-electron chi connectivity index (χ4n) is 5.13. The van der Waals surface area contributed by atoms with Gasteiger partial charge >= 0.3 is 0 Å². The molecule has 2 aliphatic heterocycles. The topological polar surface area (TPSA) is 102 Å². The van der Waals surface area contributed by atoms with Crippen molar-refractivity contribution in [3.63, 3.8) is 0 Å². The highest BCUT2D eigenvalue weighted by atomic mass is 16.8. The first-order chi connectivity index (χ1) is 19.0. The highest BCUT2D eigenvalue weighted by Gasteiger charge is 2.53. The van der Waals surface area contributed by atoms with Gasteiger partial charge in [0, 0.05) is 52.9 Å². The minimum atomic E-state index is -0.838. The van der Waals surface area contributed by atoms with Gasteiger partial charge in [0.05, 0.1) is 13.2 Å². The van der Waals surface area contributed by atoms with Gasteiger partial charge in [0.25, 0.3) is 0 Å². The highest BCUT2D eigenvalue weighted by molar-refractivity contribution is 4.96. The molecule has 0 aromatic rings. The van der Waals surface area contributed by atoms with E-state index in [1.54, 1.807) is 0 Å². The zero-order valence-electron chi connectivity index (χ0n) is 25.3. The monoisotopic (exact) mass is 566 g/mol. The maximum absolute atomic E-state index is 6.61. The second-order valence-electron chi connectivity index (χ2n) is 9.06. The molecule has 2 saturated heterocycles. The van der Waals surface area contributed by atoms with Gasteiger partial charge in [-0.25, -0.2) is 0 Å². The minimum Gasteiger partial charge on any atom is -0.379 e. The van der Waals surface area contributed by atoms with E-state index in [-0.39, 0.29) is 0 Å². The van der Waals surface area contributed by atoms with E-state index in [1.165, 1.54) is 0 Å². The first-order valence-electron chi connectivity index (χ1n) is 14.9. The summed E-state index contributed by atoms with van der Waals surface area (Å²) in [5.41, 5.74) is 0. The van der Waals surface area contributed by atoms with Crippen LogP contribution in [0.1, 0.15) is 55.4 Å². The normalized spacial score (nSPS) is 35.4. The molecule has 10 atom stereocenters. The van der Waals surface area contributed by atoms with Gasteiger partial charge in [0.1, 0.15) is 48.8 Å². The van der Waals surface area contributed by atoms with Crippen LogP contribution in [0.15, 0.2) is 0 Å². The average molecular weight is 567 g/mol. The average Bonchev–Trinajstić information content (AvgIpc) is 2.93. The van der Waals surface area contributed by atoms with Crippen molar-refractivity contribution >= 4 is 0 Å². The number of ether oxygens (including phenoxy) is 11. The molecule has 232 valence electrons. The highest BCUT2D eigenvalue weighted by Crippen LogP contribution is 2.34. The summed E-state index contributed by atoms with van der Waals surface area (Å²) >= 11 is 0. The van der Waals surface area contributed by atoms with Crippen LogP contribution in [0.3, 0.4) is 0 Å². The summed E-state index contributed by atoms with van der Waals surface area (Å²) in [5, 5.41) is 0. The van der Waals surface area contributed by atoms with Gasteiger partial charge in [0.15, 0.2) is 12.6 Å². The summed E-state index contributed by atoms with van der Waals surface area (Å²) in [7, 11) is 0. The molecule has 0 unspecified atom stereocenters. The van der Waals surface area contributed by atoms with Crippen LogP contribution in [0.5, 0.6) is 0 Å². The van der Waals surface area contributed by atoms with Crippen LogP contribution < -0.4 is 0 Å². The van der Waals surface area contributed by atoms with Crippen LogP contribution >= 0.6 is 0 Å². The van der Waals surface area contributed by atoms with Crippen LogP contribution in [-0.2, 0) is 52.1 Å². The van der Waals surface area contributed by atoms with Crippen LogP contribution in [0.25, 0.3) is 0 Å². The summed E-state index contributed by atoms with van der Waals surface area (Å²) in [4.78, 5) is 0. The largest absolute Gasteiger partial charge is 0.379 e. The quantitative estimate of drug-likeness (QED) is 0.217. The molecule has 0 aromatic heterocycles. The van der Waals surface area contributed by atoms with E-state index in [2.05, 4.69) is 0 Å². The predicted octanol–water partition coefficient (Wildman–Crippen LogP) is 2.96. The number of hydrogen-bond donors (Lipinski definition) is 0. The van der Waals surface area contributed by atoms with E-state index in [4.69, 9.17) is 52.1 Å². The molecule has 2 aliphatic rings. The van der Waals surface area contributed by atoms with Crippen LogP contribution in [0, 0.1) is 0 Å². The van der Waals surface area contributed by atoms with Crippen LogP contribution in [0.4, 0.5) is 0 Å². The molecule has 0 spiro atoms. The third kappa shape index (κ3) is 9.82. The van der Waals surface area contributed by atoms with Crippen molar-refractivity contribution in [1.82, 2.24) is 0 Å². The Morgan fingerprint density at radius 2 is 0.692 bits per heavy atom. The Morgan fingerprint density at radius 1 is 0.385 bits per heavy atom. The molecule has 0 N–H and O–H groups in total. The molecule has 2 heterocycles. The fraction of sp³-hybridized carbons (Fsp3) is 1.00. The van der Waals surface area contributed by atoms with Crippen molar-refractivity contribution in [2.24, 2.45) is 0 Å². The molecule has 0 bridgehead atoms. The molecule has 2 fully saturated rings. The molecule has 0 aromatic carbocycles. The third-order valence-corrected chi connectivity index (χ3v) is 6.58. The van der Waals surface area contributed by atoms with Crippen molar-refractivity contribution < 1.29 is 52.1 Å². The lowest BCUT2D eigenvalue weighted by molar-refractivity contribution is -0.390. The van der Waals surface area contributed by atoms with Gasteiger partial charge in [-0.1, -0.05) is 0 Å². The lowest BCUT2D eigenvalue weighted by atomic mass is 9.97. The third-order valence-electron chi connectivity index (χ3n) is 6.58. The Balaban J connectivity index is 2.43. The standard InChI is InChI=1S/C28H54O11/c1-9-29-17-19-21(31-11-3)23(33-13-5)25(35-15-7)27(37-19)39-28-26(36-16-8)24(34-14-6)22(32-12-4)20(38-28)18-30-10-2/h19-28H,9-18H2,1-8H3/t19-,20-,21-,22-,23+,24+,25-,26-,27+,28+/m1/s1. The van der Waals surface area contributed by atoms with Crippen molar-refractivity contribution in [3.8, 4) is 0 Å². The molecular weight excluding hydrogens is 512 g/mol. The van der Waals surface area contributed by atoms with Crippen molar-refractivity contribution in [2.45, 2.75) is 117 Å². The van der Waals surface area contributed by atoms with Crippen molar-refractivity contribution in [3.05, 3.63) is 0 Å². The SMILES string of the molecule is CCOC[C@H]1O[C@@H](O[C@@H]2O[C@H](COCC)[C@@H](OCC)[C@H](OCC)[C@H]2OCC)[C@H](OCC)[C@@H](OCC)[C@@H]1OCC. The van der Waals surface area contributed by atoms with E-state index >= 15 is 0 Å². The van der Waals surface area contributed by atoms with Gasteiger partial charge in [-0.2, -0.15) is 0 Å². The Bertz CT molecular complexity index is 562. The summed E-state index contributed by atoms with van der Waals surface area (Å²) in [5.74, 6) is 0. The van der Waals surface area contributed by atoms with E-state index in [1.807, 2.05) is 55.4 Å². The van der Waals surface area contributed by atoms with Crippen LogP contribution in [-0.4, -0.2) is 127 Å². The zero-order chi connectivity index (χ0) is 28.6. The summed E-state index contributed by atoms with van der Waals surface area (Å²) in [6.07, 6.45) is -5.35. The van der Waals surface area contributed by atoms with Gasteiger partial charge in [-0.3, -0.25) is 0 Å². The maximum atomic E-state index is 6.61. The second-order valence-corrected chi connectivity index (χ2v) is 9.06. The maximum Gasteiger partial charge on any atom is 0.190 e. The Morgan fingerprint density at radius 3 is 1.00 bits per heavy atom. The van der Waals surface area contributed by atoms with Crippen molar-refractivity contribution in [2.75, 3.05) is 66.1 Å². The summed E-state index contributed by atoms with van der Waals surface area (Å²) in [6.45, 7) is 20.1. The minimum absolute atomic E-state index is 0.324. The second kappa shape index (κ2) is 19.6. The number of hydrogen-bond acceptors (Lipinski definition) is 11. The number of rotatable bonds is 20.